The van der Waals surface area contributed by atoms with E-state index in [1.54, 1.807) is 6.20 Å². The maximum absolute atomic E-state index is 11.2. The lowest BCUT2D eigenvalue weighted by Gasteiger charge is -2.51. The van der Waals surface area contributed by atoms with Gasteiger partial charge in [0, 0.05) is 29.3 Å². The van der Waals surface area contributed by atoms with Crippen LogP contribution in [0.1, 0.15) is 39.2 Å². The highest BCUT2D eigenvalue weighted by atomic mass is 35.5. The number of halogens is 1. The number of aliphatic hydroxyl groups excluding tert-OH is 2. The summed E-state index contributed by atoms with van der Waals surface area (Å²) in [6.45, 7) is 3.91. The highest BCUT2D eigenvalue weighted by molar-refractivity contribution is 6.31. The van der Waals surface area contributed by atoms with Crippen LogP contribution >= 0.6 is 11.6 Å². The molecule has 8 nitrogen and oxygen atoms in total. The fraction of sp³-hybridized carbons (Fsp3) is 0.400. The summed E-state index contributed by atoms with van der Waals surface area (Å²) in [5.41, 5.74) is 6.98. The summed E-state index contributed by atoms with van der Waals surface area (Å²) in [5, 5.41) is 24.6. The van der Waals surface area contributed by atoms with Crippen LogP contribution in [-0.2, 0) is 0 Å². The number of aromatic nitrogens is 4. The van der Waals surface area contributed by atoms with E-state index in [9.17, 15) is 10.2 Å². The molecule has 178 valence electrons. The van der Waals surface area contributed by atoms with Gasteiger partial charge in [0.05, 0.1) is 34.2 Å². The molecule has 9 heteroatoms. The second-order valence-electron chi connectivity index (χ2n) is 9.27. The Morgan fingerprint density at radius 2 is 2.00 bits per heavy atom. The van der Waals surface area contributed by atoms with Crippen LogP contribution in [0.5, 0.6) is 5.75 Å². The summed E-state index contributed by atoms with van der Waals surface area (Å²) >= 11 is 6.02. The highest BCUT2D eigenvalue weighted by Gasteiger charge is 2.52. The third-order valence-electron chi connectivity index (χ3n) is 7.32. The molecule has 0 bridgehead atoms. The molecular weight excluding hydrogens is 454 g/mol. The molecule has 1 aliphatic carbocycles. The summed E-state index contributed by atoms with van der Waals surface area (Å²) < 4.78 is 8.02. The number of rotatable bonds is 7. The van der Waals surface area contributed by atoms with E-state index >= 15 is 0 Å². The minimum atomic E-state index is -0.984. The number of hydrogen-bond acceptors (Lipinski definition) is 7. The van der Waals surface area contributed by atoms with Gasteiger partial charge in [0.25, 0.3) is 0 Å². The standard InChI is InChI=1S/C25H28ClN5O3/c1-3-25(10-18(11-25)34-17-5-4-15-8-16(26)12-28-20(15)9-17)22(33)21(32)14(2)31-7-6-19-23(27)29-13-30-24(19)31/h4-9,12-14,18,21-22,32-33H,3,10-11H2,1-2H3,(H2,27,29,30)/t14-,18?,21+,22+,25?/m1/s1. The Kier molecular flexibility index (Phi) is 5.83. The number of anilines is 1. The van der Waals surface area contributed by atoms with Gasteiger partial charge in [0.2, 0.25) is 0 Å². The smallest absolute Gasteiger partial charge is 0.145 e. The molecule has 0 aliphatic heterocycles. The zero-order valence-corrected chi connectivity index (χ0v) is 19.9. The lowest BCUT2D eigenvalue weighted by molar-refractivity contribution is -0.150. The molecule has 0 radical (unpaired) electrons. The molecule has 3 atom stereocenters. The van der Waals surface area contributed by atoms with Crippen molar-refractivity contribution in [3.05, 3.63) is 54.1 Å². The Bertz CT molecular complexity index is 1340. The van der Waals surface area contributed by atoms with E-state index in [4.69, 9.17) is 22.1 Å². The van der Waals surface area contributed by atoms with Gasteiger partial charge in [0.1, 0.15) is 29.6 Å². The lowest BCUT2D eigenvalue weighted by atomic mass is 9.60. The van der Waals surface area contributed by atoms with Crippen molar-refractivity contribution >= 4 is 39.4 Å². The number of hydrogen-bond donors (Lipinski definition) is 3. The fourth-order valence-electron chi connectivity index (χ4n) is 5.12. The topological polar surface area (TPSA) is 119 Å². The first-order valence-electron chi connectivity index (χ1n) is 11.5. The molecule has 3 heterocycles. The quantitative estimate of drug-likeness (QED) is 0.363. The average Bonchev–Trinajstić information content (AvgIpc) is 3.25. The zero-order valence-electron chi connectivity index (χ0n) is 19.1. The van der Waals surface area contributed by atoms with E-state index in [1.807, 2.05) is 54.9 Å². The minimum absolute atomic E-state index is 0.0400. The molecule has 1 aromatic carbocycles. The minimum Gasteiger partial charge on any atom is -0.490 e. The van der Waals surface area contributed by atoms with Gasteiger partial charge in [-0.3, -0.25) is 4.98 Å². The number of fused-ring (bicyclic) bond motifs is 2. The van der Waals surface area contributed by atoms with Crippen LogP contribution < -0.4 is 10.5 Å². The van der Waals surface area contributed by atoms with Crippen molar-refractivity contribution in [3.8, 4) is 5.75 Å². The van der Waals surface area contributed by atoms with Crippen molar-refractivity contribution in [1.29, 1.82) is 0 Å². The van der Waals surface area contributed by atoms with Gasteiger partial charge in [-0.15, -0.1) is 0 Å². The van der Waals surface area contributed by atoms with Crippen LogP contribution in [0.2, 0.25) is 5.02 Å². The highest BCUT2D eigenvalue weighted by Crippen LogP contribution is 2.50. The molecule has 1 saturated carbocycles. The predicted molar refractivity (Wildman–Crippen MR) is 132 cm³/mol. The van der Waals surface area contributed by atoms with Gasteiger partial charge in [-0.25, -0.2) is 9.97 Å². The Hall–Kier alpha value is -2.94. The molecule has 4 N–H and O–H groups in total. The monoisotopic (exact) mass is 481 g/mol. The normalized spacial score (nSPS) is 22.9. The molecule has 1 aliphatic rings. The first-order chi connectivity index (χ1) is 16.3. The number of nitrogens with zero attached hydrogens (tertiary/aromatic N) is 4. The van der Waals surface area contributed by atoms with Crippen LogP contribution in [-0.4, -0.2) is 48.0 Å². The Balaban J connectivity index is 1.28. The van der Waals surface area contributed by atoms with E-state index < -0.39 is 23.7 Å². The largest absolute Gasteiger partial charge is 0.490 e. The Labute approximate surface area is 202 Å². The zero-order chi connectivity index (χ0) is 24.0. The molecule has 3 aromatic heterocycles. The molecule has 1 fully saturated rings. The van der Waals surface area contributed by atoms with Crippen molar-refractivity contribution < 1.29 is 14.9 Å². The van der Waals surface area contributed by atoms with Crippen LogP contribution in [0.25, 0.3) is 21.9 Å². The second-order valence-corrected chi connectivity index (χ2v) is 9.70. The van der Waals surface area contributed by atoms with Crippen molar-refractivity contribution in [2.24, 2.45) is 5.41 Å². The van der Waals surface area contributed by atoms with Gasteiger partial charge < -0.3 is 25.3 Å². The van der Waals surface area contributed by atoms with Crippen LogP contribution in [0, 0.1) is 5.41 Å². The van der Waals surface area contributed by atoms with Gasteiger partial charge in [0.15, 0.2) is 0 Å². The maximum Gasteiger partial charge on any atom is 0.145 e. The molecule has 0 unspecified atom stereocenters. The third-order valence-corrected chi connectivity index (χ3v) is 7.53. The first-order valence-corrected chi connectivity index (χ1v) is 11.8. The third kappa shape index (κ3) is 3.85. The SMILES string of the molecule is CCC1([C@@H](O)[C@@H](O)[C@@H](C)n2ccc3c(N)ncnc32)CC(Oc2ccc3cc(Cl)cnc3c2)C1. The van der Waals surface area contributed by atoms with Gasteiger partial charge in [-0.05, 0) is 50.5 Å². The van der Waals surface area contributed by atoms with Gasteiger partial charge in [-0.2, -0.15) is 0 Å². The van der Waals surface area contributed by atoms with E-state index in [1.165, 1.54) is 6.33 Å². The summed E-state index contributed by atoms with van der Waals surface area (Å²) in [7, 11) is 0. The molecule has 4 aromatic rings. The van der Waals surface area contributed by atoms with Gasteiger partial charge >= 0.3 is 0 Å². The molecule has 0 saturated heterocycles. The maximum atomic E-state index is 11.2. The fourth-order valence-corrected chi connectivity index (χ4v) is 5.29. The average molecular weight is 482 g/mol. The molecule has 0 amide bonds. The number of pyridine rings is 1. The lowest BCUT2D eigenvalue weighted by Crippen LogP contribution is -2.56. The first kappa shape index (κ1) is 22.8. The van der Waals surface area contributed by atoms with E-state index in [0.717, 1.165) is 28.5 Å². The molecule has 5 rings (SSSR count). The molecular formula is C25H28ClN5O3. The van der Waals surface area contributed by atoms with Crippen molar-refractivity contribution in [2.45, 2.75) is 57.5 Å². The van der Waals surface area contributed by atoms with Gasteiger partial charge in [-0.1, -0.05) is 18.5 Å². The molecule has 34 heavy (non-hydrogen) atoms. The van der Waals surface area contributed by atoms with Crippen LogP contribution in [0.15, 0.2) is 49.1 Å². The molecule has 0 spiro atoms. The second kappa shape index (κ2) is 8.69. The van der Waals surface area contributed by atoms with Crippen molar-refractivity contribution in [1.82, 2.24) is 19.5 Å². The number of aliphatic hydroxyl groups is 2. The number of nitrogens with two attached hydrogens (primary N) is 1. The van der Waals surface area contributed by atoms with E-state index in [-0.39, 0.29) is 6.10 Å². The van der Waals surface area contributed by atoms with E-state index in [2.05, 4.69) is 15.0 Å². The summed E-state index contributed by atoms with van der Waals surface area (Å²) in [6.07, 6.45) is 4.95. The van der Waals surface area contributed by atoms with Crippen LogP contribution in [0.4, 0.5) is 5.82 Å². The van der Waals surface area contributed by atoms with Crippen LogP contribution in [0.3, 0.4) is 0 Å². The summed E-state index contributed by atoms with van der Waals surface area (Å²) in [6, 6.07) is 9.04. The van der Waals surface area contributed by atoms with Crippen molar-refractivity contribution in [3.63, 3.8) is 0 Å². The number of ether oxygens (including phenoxy) is 1. The Morgan fingerprint density at radius 3 is 2.76 bits per heavy atom. The van der Waals surface area contributed by atoms with E-state index in [0.29, 0.717) is 29.3 Å². The summed E-state index contributed by atoms with van der Waals surface area (Å²) in [4.78, 5) is 12.7. The number of nitrogen functional groups attached to an aromatic ring is 1. The predicted octanol–water partition coefficient (Wildman–Crippen LogP) is 4.14. The summed E-state index contributed by atoms with van der Waals surface area (Å²) in [5.74, 6) is 1.12. The number of benzene rings is 1. The Morgan fingerprint density at radius 1 is 1.21 bits per heavy atom. The van der Waals surface area contributed by atoms with Crippen molar-refractivity contribution in [2.75, 3.05) is 5.73 Å².